The van der Waals surface area contributed by atoms with Gasteiger partial charge in [0, 0.05) is 12.6 Å². The Labute approximate surface area is 132 Å². The Morgan fingerprint density at radius 2 is 2.09 bits per heavy atom. The fraction of sp³-hybridized carbons (Fsp3) is 0.222. The third-order valence-electron chi connectivity index (χ3n) is 4.23. The first-order valence-corrected chi connectivity index (χ1v) is 7.64. The molecule has 0 saturated heterocycles. The topological polar surface area (TPSA) is 44.1 Å². The van der Waals surface area contributed by atoms with Crippen molar-refractivity contribution < 1.29 is 9.13 Å². The molecule has 1 atom stereocenters. The van der Waals surface area contributed by atoms with E-state index in [-0.39, 0.29) is 17.5 Å². The number of fused-ring (bicyclic) bond motifs is 3. The van der Waals surface area contributed by atoms with Crippen molar-refractivity contribution in [2.45, 2.75) is 25.9 Å². The standard InChI is InChI=1S/C18H15FN2O2/c1-2-13-10-15-16(23-13)14-4-3-9-20-17(14)21(18(15)22)12-7-5-11(19)6-8-12/h3-9,13H,2,10H2,1H3. The van der Waals surface area contributed by atoms with Gasteiger partial charge < -0.3 is 4.74 Å². The number of benzene rings is 1. The van der Waals surface area contributed by atoms with Crippen molar-refractivity contribution in [3.63, 3.8) is 0 Å². The van der Waals surface area contributed by atoms with E-state index in [1.165, 1.54) is 16.7 Å². The summed E-state index contributed by atoms with van der Waals surface area (Å²) in [5.41, 5.74) is 1.65. The molecule has 0 bridgehead atoms. The first kappa shape index (κ1) is 13.9. The lowest BCUT2D eigenvalue weighted by atomic mass is 10.1. The van der Waals surface area contributed by atoms with Crippen LogP contribution in [0.5, 0.6) is 5.75 Å². The lowest BCUT2D eigenvalue weighted by Gasteiger charge is -2.13. The Morgan fingerprint density at radius 1 is 1.30 bits per heavy atom. The molecular weight excluding hydrogens is 295 g/mol. The minimum absolute atomic E-state index is 0.0187. The predicted octanol–water partition coefficient (Wildman–Crippen LogP) is 3.24. The van der Waals surface area contributed by atoms with Crippen molar-refractivity contribution >= 4 is 11.0 Å². The molecule has 3 heterocycles. The Morgan fingerprint density at radius 3 is 2.83 bits per heavy atom. The Balaban J connectivity index is 2.06. The van der Waals surface area contributed by atoms with E-state index < -0.39 is 0 Å². The molecule has 0 aliphatic carbocycles. The molecule has 4 nitrogen and oxygen atoms in total. The summed E-state index contributed by atoms with van der Waals surface area (Å²) in [6.45, 7) is 2.04. The maximum Gasteiger partial charge on any atom is 0.263 e. The van der Waals surface area contributed by atoms with Gasteiger partial charge in [-0.25, -0.2) is 9.37 Å². The SMILES string of the molecule is CCC1Cc2c(c3cccnc3n(-c3ccc(F)cc3)c2=O)O1. The van der Waals surface area contributed by atoms with Crippen molar-refractivity contribution in [1.29, 1.82) is 0 Å². The van der Waals surface area contributed by atoms with Gasteiger partial charge >= 0.3 is 0 Å². The number of hydrogen-bond acceptors (Lipinski definition) is 3. The summed E-state index contributed by atoms with van der Waals surface area (Å²) < 4.78 is 20.7. The van der Waals surface area contributed by atoms with Crippen LogP contribution in [0.25, 0.3) is 16.7 Å². The smallest absolute Gasteiger partial charge is 0.263 e. The maximum atomic E-state index is 13.2. The largest absolute Gasteiger partial charge is 0.489 e. The molecule has 3 aromatic rings. The normalized spacial score (nSPS) is 16.3. The van der Waals surface area contributed by atoms with Crippen LogP contribution in [0.1, 0.15) is 18.9 Å². The van der Waals surface area contributed by atoms with Crippen LogP contribution in [0.4, 0.5) is 4.39 Å². The number of halogens is 1. The van der Waals surface area contributed by atoms with Crippen molar-refractivity contribution in [3.05, 3.63) is 64.3 Å². The van der Waals surface area contributed by atoms with Crippen molar-refractivity contribution in [3.8, 4) is 11.4 Å². The highest BCUT2D eigenvalue weighted by Crippen LogP contribution is 2.34. The first-order chi connectivity index (χ1) is 11.2. The van der Waals surface area contributed by atoms with Gasteiger partial charge in [-0.15, -0.1) is 0 Å². The number of ether oxygens (including phenoxy) is 1. The molecule has 0 amide bonds. The van der Waals surface area contributed by atoms with Crippen molar-refractivity contribution in [2.24, 2.45) is 0 Å². The van der Waals surface area contributed by atoms with E-state index in [1.54, 1.807) is 18.3 Å². The molecule has 0 saturated carbocycles. The summed E-state index contributed by atoms with van der Waals surface area (Å²) in [5.74, 6) is 0.304. The monoisotopic (exact) mass is 310 g/mol. The Kier molecular flexibility index (Phi) is 3.15. The summed E-state index contributed by atoms with van der Waals surface area (Å²) >= 11 is 0. The summed E-state index contributed by atoms with van der Waals surface area (Å²) in [6.07, 6.45) is 3.09. The molecule has 0 N–H and O–H groups in total. The number of nitrogens with zero attached hydrogens (tertiary/aromatic N) is 2. The minimum Gasteiger partial charge on any atom is -0.489 e. The Hall–Kier alpha value is -2.69. The molecule has 116 valence electrons. The second-order valence-corrected chi connectivity index (χ2v) is 5.65. The van der Waals surface area contributed by atoms with Crippen molar-refractivity contribution in [2.75, 3.05) is 0 Å². The van der Waals surface area contributed by atoms with Gasteiger partial charge in [-0.2, -0.15) is 0 Å². The Bertz CT molecular complexity index is 948. The van der Waals surface area contributed by atoms with Crippen LogP contribution >= 0.6 is 0 Å². The molecule has 1 aliphatic heterocycles. The molecule has 0 fully saturated rings. The highest BCUT2D eigenvalue weighted by atomic mass is 19.1. The zero-order valence-corrected chi connectivity index (χ0v) is 12.6. The van der Waals surface area contributed by atoms with Crippen LogP contribution in [0.2, 0.25) is 0 Å². The minimum atomic E-state index is -0.338. The van der Waals surface area contributed by atoms with Gasteiger partial charge in [-0.1, -0.05) is 6.92 Å². The molecule has 0 radical (unpaired) electrons. The lowest BCUT2D eigenvalue weighted by molar-refractivity contribution is 0.230. The van der Waals surface area contributed by atoms with Crippen LogP contribution < -0.4 is 10.3 Å². The van der Waals surface area contributed by atoms with Crippen LogP contribution in [0.3, 0.4) is 0 Å². The van der Waals surface area contributed by atoms with E-state index >= 15 is 0 Å². The highest BCUT2D eigenvalue weighted by molar-refractivity contribution is 5.85. The zero-order valence-electron chi connectivity index (χ0n) is 12.6. The third kappa shape index (κ3) is 2.11. The average molecular weight is 310 g/mol. The average Bonchev–Trinajstić information content (AvgIpc) is 3.02. The van der Waals surface area contributed by atoms with E-state index in [9.17, 15) is 9.18 Å². The van der Waals surface area contributed by atoms with Gasteiger partial charge in [0.1, 0.15) is 17.7 Å². The molecule has 2 aromatic heterocycles. The van der Waals surface area contributed by atoms with Gasteiger partial charge in [0.25, 0.3) is 5.56 Å². The summed E-state index contributed by atoms with van der Waals surface area (Å²) in [5, 5.41) is 0.808. The second kappa shape index (κ2) is 5.19. The van der Waals surface area contributed by atoms with Gasteiger partial charge in [0.05, 0.1) is 16.6 Å². The van der Waals surface area contributed by atoms with Crippen LogP contribution in [-0.2, 0) is 6.42 Å². The molecule has 1 aliphatic rings. The summed E-state index contributed by atoms with van der Waals surface area (Å²) in [7, 11) is 0. The van der Waals surface area contributed by atoms with Gasteiger partial charge in [0.2, 0.25) is 0 Å². The highest BCUT2D eigenvalue weighted by Gasteiger charge is 2.29. The van der Waals surface area contributed by atoms with Crippen molar-refractivity contribution in [1.82, 2.24) is 9.55 Å². The third-order valence-corrected chi connectivity index (χ3v) is 4.23. The molecule has 5 heteroatoms. The van der Waals surface area contributed by atoms with E-state index in [0.717, 1.165) is 11.8 Å². The molecule has 1 aromatic carbocycles. The maximum absolute atomic E-state index is 13.2. The van der Waals surface area contributed by atoms with Gasteiger partial charge in [-0.3, -0.25) is 9.36 Å². The zero-order chi connectivity index (χ0) is 16.0. The summed E-state index contributed by atoms with van der Waals surface area (Å²) in [4.78, 5) is 17.3. The van der Waals surface area contributed by atoms with Crippen LogP contribution in [0, 0.1) is 5.82 Å². The molecule has 0 spiro atoms. The predicted molar refractivity (Wildman–Crippen MR) is 85.7 cm³/mol. The van der Waals surface area contributed by atoms with Crippen LogP contribution in [0.15, 0.2) is 47.4 Å². The van der Waals surface area contributed by atoms with E-state index in [4.69, 9.17) is 4.74 Å². The second-order valence-electron chi connectivity index (χ2n) is 5.65. The fourth-order valence-corrected chi connectivity index (χ4v) is 3.05. The number of hydrogen-bond donors (Lipinski definition) is 0. The van der Waals surface area contributed by atoms with Gasteiger partial charge in [-0.05, 0) is 42.8 Å². The first-order valence-electron chi connectivity index (χ1n) is 7.64. The van der Waals surface area contributed by atoms with E-state index in [0.29, 0.717) is 29.1 Å². The van der Waals surface area contributed by atoms with Gasteiger partial charge in [0.15, 0.2) is 5.65 Å². The molecule has 1 unspecified atom stereocenters. The molecular formula is C18H15FN2O2. The molecule has 4 rings (SSSR count). The fourth-order valence-electron chi connectivity index (χ4n) is 3.05. The van der Waals surface area contributed by atoms with Crippen LogP contribution in [-0.4, -0.2) is 15.7 Å². The number of rotatable bonds is 2. The number of pyridine rings is 2. The quantitative estimate of drug-likeness (QED) is 0.730. The summed E-state index contributed by atoms with van der Waals surface area (Å²) in [6, 6.07) is 9.59. The number of aromatic nitrogens is 2. The molecule has 23 heavy (non-hydrogen) atoms. The van der Waals surface area contributed by atoms with E-state index in [2.05, 4.69) is 4.98 Å². The van der Waals surface area contributed by atoms with E-state index in [1.807, 2.05) is 19.1 Å². The lowest BCUT2D eigenvalue weighted by Crippen LogP contribution is -2.23.